The molecule has 5 heteroatoms. The van der Waals surface area contributed by atoms with Crippen molar-refractivity contribution in [1.29, 1.82) is 0 Å². The van der Waals surface area contributed by atoms with Crippen molar-refractivity contribution < 1.29 is 14.7 Å². The molecule has 0 heterocycles. The number of nitrogen functional groups attached to an aromatic ring is 1. The fourth-order valence-electron chi connectivity index (χ4n) is 3.95. The summed E-state index contributed by atoms with van der Waals surface area (Å²) in [6.07, 6.45) is 2.87. The summed E-state index contributed by atoms with van der Waals surface area (Å²) in [6.45, 7) is 1.90. The number of fused-ring (bicyclic) bond motifs is 2. The van der Waals surface area contributed by atoms with E-state index in [4.69, 9.17) is 5.73 Å². The molecule has 2 saturated carbocycles. The third-order valence-corrected chi connectivity index (χ3v) is 4.95. The van der Waals surface area contributed by atoms with Crippen molar-refractivity contribution in [3.8, 4) is 0 Å². The normalized spacial score (nSPS) is 30.3. The van der Waals surface area contributed by atoms with Gasteiger partial charge in [-0.2, -0.15) is 0 Å². The van der Waals surface area contributed by atoms with E-state index in [1.807, 2.05) is 13.0 Å². The quantitative estimate of drug-likeness (QED) is 0.739. The van der Waals surface area contributed by atoms with Crippen LogP contribution in [0.25, 0.3) is 0 Å². The van der Waals surface area contributed by atoms with E-state index in [-0.39, 0.29) is 23.8 Å². The van der Waals surface area contributed by atoms with Crippen LogP contribution in [-0.2, 0) is 4.79 Å². The van der Waals surface area contributed by atoms with Crippen molar-refractivity contribution in [1.82, 2.24) is 5.32 Å². The Kier molecular flexibility index (Phi) is 3.35. The van der Waals surface area contributed by atoms with Crippen LogP contribution in [0, 0.1) is 24.7 Å². The Labute approximate surface area is 123 Å². The number of benzene rings is 1. The van der Waals surface area contributed by atoms with Crippen LogP contribution in [0.15, 0.2) is 18.2 Å². The van der Waals surface area contributed by atoms with Crippen molar-refractivity contribution >= 4 is 17.6 Å². The van der Waals surface area contributed by atoms with E-state index in [1.54, 1.807) is 12.1 Å². The molecule has 0 aromatic heterocycles. The highest BCUT2D eigenvalue weighted by atomic mass is 16.4. The zero-order valence-electron chi connectivity index (χ0n) is 12.0. The summed E-state index contributed by atoms with van der Waals surface area (Å²) < 4.78 is 0. The van der Waals surface area contributed by atoms with Crippen LogP contribution in [0.1, 0.15) is 35.2 Å². The molecule has 2 bridgehead atoms. The Hall–Kier alpha value is -2.04. The average molecular weight is 288 g/mol. The van der Waals surface area contributed by atoms with E-state index in [0.29, 0.717) is 11.3 Å². The Bertz CT molecular complexity index is 599. The lowest BCUT2D eigenvalue weighted by Gasteiger charge is -2.29. The van der Waals surface area contributed by atoms with Crippen LogP contribution in [0.4, 0.5) is 5.69 Å². The van der Waals surface area contributed by atoms with Gasteiger partial charge in [0, 0.05) is 11.7 Å². The fourth-order valence-corrected chi connectivity index (χ4v) is 3.95. The summed E-state index contributed by atoms with van der Waals surface area (Å²) in [5.74, 6) is -1.04. The number of carbonyl (C=O) groups excluding carboxylic acids is 1. The molecule has 112 valence electrons. The summed E-state index contributed by atoms with van der Waals surface area (Å²) >= 11 is 0. The van der Waals surface area contributed by atoms with Gasteiger partial charge in [-0.15, -0.1) is 0 Å². The first kappa shape index (κ1) is 13.9. The summed E-state index contributed by atoms with van der Waals surface area (Å²) in [5, 5.41) is 12.3. The number of hydrogen-bond donors (Lipinski definition) is 3. The number of carbonyl (C=O) groups is 2. The van der Waals surface area contributed by atoms with Gasteiger partial charge in [-0.1, -0.05) is 11.6 Å². The number of aliphatic carboxylic acids is 1. The van der Waals surface area contributed by atoms with Crippen LogP contribution >= 0.6 is 0 Å². The predicted octanol–water partition coefficient (Wildman–Crippen LogP) is 1.81. The SMILES string of the molecule is Cc1ccc(N)c(C(=O)NC2C3CCC(C3)C2C(=O)O)c1. The first-order chi connectivity index (χ1) is 9.97. The molecule has 4 atom stereocenters. The minimum Gasteiger partial charge on any atom is -0.481 e. The highest BCUT2D eigenvalue weighted by Crippen LogP contribution is 2.48. The third kappa shape index (κ3) is 2.37. The summed E-state index contributed by atoms with van der Waals surface area (Å²) in [5.41, 5.74) is 7.67. The molecule has 0 spiro atoms. The molecule has 0 aliphatic heterocycles. The second-order valence-corrected chi connectivity index (χ2v) is 6.29. The molecule has 2 aliphatic rings. The molecular weight excluding hydrogens is 268 g/mol. The molecule has 1 aromatic rings. The van der Waals surface area contributed by atoms with Gasteiger partial charge in [0.2, 0.25) is 0 Å². The predicted molar refractivity (Wildman–Crippen MR) is 78.8 cm³/mol. The Morgan fingerprint density at radius 3 is 2.71 bits per heavy atom. The molecular formula is C16H20N2O3. The van der Waals surface area contributed by atoms with Gasteiger partial charge in [0.15, 0.2) is 0 Å². The number of hydrogen-bond acceptors (Lipinski definition) is 3. The van der Waals surface area contributed by atoms with Crippen LogP contribution in [0.3, 0.4) is 0 Å². The second-order valence-electron chi connectivity index (χ2n) is 6.29. The molecule has 1 aromatic carbocycles. The summed E-state index contributed by atoms with van der Waals surface area (Å²) in [7, 11) is 0. The molecule has 0 radical (unpaired) electrons. The number of amides is 1. The minimum absolute atomic E-state index is 0.202. The Morgan fingerprint density at radius 1 is 1.29 bits per heavy atom. The van der Waals surface area contributed by atoms with Gasteiger partial charge in [0.1, 0.15) is 0 Å². The molecule has 4 N–H and O–H groups in total. The van der Waals surface area contributed by atoms with Gasteiger partial charge in [-0.05, 0) is 50.2 Å². The van der Waals surface area contributed by atoms with Gasteiger partial charge in [-0.3, -0.25) is 9.59 Å². The molecule has 0 saturated heterocycles. The lowest BCUT2D eigenvalue weighted by molar-refractivity contribution is -0.144. The van der Waals surface area contributed by atoms with E-state index >= 15 is 0 Å². The van der Waals surface area contributed by atoms with Crippen molar-refractivity contribution in [2.24, 2.45) is 17.8 Å². The van der Waals surface area contributed by atoms with E-state index < -0.39 is 11.9 Å². The molecule has 21 heavy (non-hydrogen) atoms. The first-order valence-corrected chi connectivity index (χ1v) is 7.37. The topological polar surface area (TPSA) is 92.4 Å². The number of rotatable bonds is 3. The van der Waals surface area contributed by atoms with Gasteiger partial charge < -0.3 is 16.2 Å². The Balaban J connectivity index is 1.81. The maximum atomic E-state index is 12.4. The summed E-state index contributed by atoms with van der Waals surface area (Å²) in [6, 6.07) is 5.03. The number of carboxylic acids is 1. The molecule has 2 fully saturated rings. The van der Waals surface area contributed by atoms with E-state index in [1.165, 1.54) is 0 Å². The van der Waals surface area contributed by atoms with E-state index in [2.05, 4.69) is 5.32 Å². The summed E-state index contributed by atoms with van der Waals surface area (Å²) in [4.78, 5) is 23.9. The number of nitrogens with one attached hydrogen (secondary N) is 1. The van der Waals surface area contributed by atoms with Gasteiger partial charge in [0.25, 0.3) is 5.91 Å². The molecule has 4 unspecified atom stereocenters. The smallest absolute Gasteiger partial charge is 0.308 e. The number of aryl methyl sites for hydroxylation is 1. The monoisotopic (exact) mass is 288 g/mol. The fraction of sp³-hybridized carbons (Fsp3) is 0.500. The van der Waals surface area contributed by atoms with Crippen LogP contribution in [-0.4, -0.2) is 23.0 Å². The van der Waals surface area contributed by atoms with E-state index in [0.717, 1.165) is 24.8 Å². The highest BCUT2D eigenvalue weighted by molar-refractivity contribution is 5.99. The van der Waals surface area contributed by atoms with Crippen LogP contribution in [0.5, 0.6) is 0 Å². The largest absolute Gasteiger partial charge is 0.481 e. The number of anilines is 1. The highest BCUT2D eigenvalue weighted by Gasteiger charge is 2.51. The van der Waals surface area contributed by atoms with Crippen LogP contribution in [0.2, 0.25) is 0 Å². The molecule has 2 aliphatic carbocycles. The van der Waals surface area contributed by atoms with Crippen molar-refractivity contribution in [3.63, 3.8) is 0 Å². The lowest BCUT2D eigenvalue weighted by atomic mass is 9.84. The third-order valence-electron chi connectivity index (χ3n) is 4.95. The zero-order valence-corrected chi connectivity index (χ0v) is 12.0. The van der Waals surface area contributed by atoms with Crippen molar-refractivity contribution in [2.45, 2.75) is 32.2 Å². The minimum atomic E-state index is -0.801. The van der Waals surface area contributed by atoms with Gasteiger partial charge in [0.05, 0.1) is 11.5 Å². The first-order valence-electron chi connectivity index (χ1n) is 7.37. The molecule has 5 nitrogen and oxygen atoms in total. The number of carboxylic acid groups (broad SMARTS) is 1. The molecule has 3 rings (SSSR count). The maximum absolute atomic E-state index is 12.4. The molecule has 1 amide bonds. The number of nitrogens with two attached hydrogens (primary N) is 1. The second kappa shape index (κ2) is 5.06. The van der Waals surface area contributed by atoms with Gasteiger partial charge in [-0.25, -0.2) is 0 Å². The average Bonchev–Trinajstić information content (AvgIpc) is 3.02. The van der Waals surface area contributed by atoms with Crippen LogP contribution < -0.4 is 11.1 Å². The Morgan fingerprint density at radius 2 is 2.00 bits per heavy atom. The maximum Gasteiger partial charge on any atom is 0.308 e. The van der Waals surface area contributed by atoms with E-state index in [9.17, 15) is 14.7 Å². The zero-order chi connectivity index (χ0) is 15.1. The van der Waals surface area contributed by atoms with Crippen molar-refractivity contribution in [2.75, 3.05) is 5.73 Å². The van der Waals surface area contributed by atoms with Crippen molar-refractivity contribution in [3.05, 3.63) is 29.3 Å². The van der Waals surface area contributed by atoms with Gasteiger partial charge >= 0.3 is 5.97 Å². The standard InChI is InChI=1S/C16H20N2O3/c1-8-2-5-12(17)11(6-8)15(19)18-14-10-4-3-9(7-10)13(14)16(20)21/h2,5-6,9-10,13-14H,3-4,7,17H2,1H3,(H,18,19)(H,20,21). The lowest BCUT2D eigenvalue weighted by Crippen LogP contribution is -2.46.